The zero-order valence-corrected chi connectivity index (χ0v) is 8.00. The molecule has 2 nitrogen and oxygen atoms in total. The Kier molecular flexibility index (Phi) is 3.46. The molecule has 0 radical (unpaired) electrons. The molecule has 0 saturated heterocycles. The van der Waals surface area contributed by atoms with Crippen molar-refractivity contribution >= 4 is 12.4 Å². The van der Waals surface area contributed by atoms with Crippen molar-refractivity contribution in [3.05, 3.63) is 0 Å². The van der Waals surface area contributed by atoms with Gasteiger partial charge in [0.2, 0.25) is 0 Å². The second-order valence-electron chi connectivity index (χ2n) is 3.56. The van der Waals surface area contributed by atoms with E-state index in [1.54, 1.807) is 19.0 Å². The Bertz CT molecular complexity index is 165. The summed E-state index contributed by atoms with van der Waals surface area (Å²) in [5.74, 6) is -2.65. The monoisotopic (exact) mass is 201 g/mol. The van der Waals surface area contributed by atoms with Crippen LogP contribution in [0.3, 0.4) is 0 Å². The molecule has 12 heavy (non-hydrogen) atoms. The minimum Gasteiger partial charge on any atom is -0.396 e. The van der Waals surface area contributed by atoms with Crippen LogP contribution in [0, 0.1) is 5.41 Å². The first-order valence-electron chi connectivity index (χ1n) is 3.57. The number of alkyl halides is 2. The van der Waals surface area contributed by atoms with Gasteiger partial charge in [0.1, 0.15) is 0 Å². The highest BCUT2D eigenvalue weighted by atomic mass is 35.5. The van der Waals surface area contributed by atoms with Gasteiger partial charge in [0.25, 0.3) is 5.92 Å². The van der Waals surface area contributed by atoms with Crippen LogP contribution < -0.4 is 0 Å². The van der Waals surface area contributed by atoms with Gasteiger partial charge in [-0.15, -0.1) is 12.4 Å². The number of hydrogen-bond acceptors (Lipinski definition) is 2. The second-order valence-corrected chi connectivity index (χ2v) is 3.56. The topological polar surface area (TPSA) is 23.5 Å². The van der Waals surface area contributed by atoms with Gasteiger partial charge >= 0.3 is 0 Å². The summed E-state index contributed by atoms with van der Waals surface area (Å²) in [6.45, 7) is -0.158. The molecule has 1 saturated carbocycles. The van der Waals surface area contributed by atoms with Crippen molar-refractivity contribution < 1.29 is 13.9 Å². The third kappa shape index (κ3) is 1.87. The Labute approximate surface area is 77.0 Å². The first-order valence-corrected chi connectivity index (χ1v) is 3.57. The number of halogens is 3. The Morgan fingerprint density at radius 3 is 1.92 bits per heavy atom. The highest BCUT2D eigenvalue weighted by molar-refractivity contribution is 5.85. The van der Waals surface area contributed by atoms with Crippen molar-refractivity contribution in [2.75, 3.05) is 27.2 Å². The molecular formula is C7H14ClF2NO. The summed E-state index contributed by atoms with van der Waals surface area (Å²) < 4.78 is 25.3. The lowest BCUT2D eigenvalue weighted by Crippen LogP contribution is -2.30. The molecule has 0 aliphatic heterocycles. The van der Waals surface area contributed by atoms with Crippen molar-refractivity contribution in [3.8, 4) is 0 Å². The lowest BCUT2D eigenvalue weighted by molar-refractivity contribution is 0.0252. The van der Waals surface area contributed by atoms with Crippen molar-refractivity contribution in [3.63, 3.8) is 0 Å². The average molecular weight is 202 g/mol. The third-order valence-electron chi connectivity index (χ3n) is 2.13. The number of aliphatic hydroxyl groups is 1. The van der Waals surface area contributed by atoms with E-state index in [1.165, 1.54) is 0 Å². The van der Waals surface area contributed by atoms with Crippen LogP contribution in [0.1, 0.15) is 6.42 Å². The zero-order chi connectivity index (χ0) is 8.70. The van der Waals surface area contributed by atoms with Crippen LogP contribution >= 0.6 is 12.4 Å². The van der Waals surface area contributed by atoms with Crippen LogP contribution in [0.25, 0.3) is 0 Å². The standard InChI is InChI=1S/C7H13F2NO.ClH/c1-10(2)4-6(5-11)3-7(6,8)9;/h11H,3-5H2,1-2H3;1H/t6-;/m0./s1. The van der Waals surface area contributed by atoms with Crippen LogP contribution in [0.5, 0.6) is 0 Å². The van der Waals surface area contributed by atoms with Crippen LogP contribution in [-0.2, 0) is 0 Å². The maximum atomic E-state index is 12.6. The van der Waals surface area contributed by atoms with Crippen molar-refractivity contribution in [1.82, 2.24) is 4.90 Å². The first kappa shape index (κ1) is 12.1. The molecule has 0 aromatic carbocycles. The lowest BCUT2D eigenvalue weighted by atomic mass is 10.1. The van der Waals surface area contributed by atoms with Gasteiger partial charge in [-0.05, 0) is 14.1 Å². The fourth-order valence-corrected chi connectivity index (χ4v) is 1.38. The summed E-state index contributed by atoms with van der Waals surface area (Å²) in [5.41, 5.74) is -1.14. The van der Waals surface area contributed by atoms with Gasteiger partial charge in [-0.25, -0.2) is 8.78 Å². The summed E-state index contributed by atoms with van der Waals surface area (Å²) in [5, 5.41) is 8.73. The minimum absolute atomic E-state index is 0. The van der Waals surface area contributed by atoms with E-state index < -0.39 is 17.9 Å². The molecule has 0 amide bonds. The minimum atomic E-state index is -2.65. The van der Waals surface area contributed by atoms with Gasteiger partial charge in [-0.1, -0.05) is 0 Å². The van der Waals surface area contributed by atoms with E-state index in [-0.39, 0.29) is 25.4 Å². The van der Waals surface area contributed by atoms with E-state index in [1.807, 2.05) is 0 Å². The van der Waals surface area contributed by atoms with Gasteiger partial charge < -0.3 is 10.0 Å². The maximum Gasteiger partial charge on any atom is 0.258 e. The molecule has 1 aliphatic carbocycles. The molecule has 0 unspecified atom stereocenters. The molecule has 0 aromatic rings. The Balaban J connectivity index is 0.00000121. The predicted molar refractivity (Wildman–Crippen MR) is 44.9 cm³/mol. The molecule has 1 aliphatic rings. The van der Waals surface area contributed by atoms with Gasteiger partial charge in [0.15, 0.2) is 0 Å². The Hall–Kier alpha value is 0.0700. The van der Waals surface area contributed by atoms with Crippen molar-refractivity contribution in [1.29, 1.82) is 0 Å². The molecule has 0 spiro atoms. The van der Waals surface area contributed by atoms with Crippen LogP contribution in [0.4, 0.5) is 8.78 Å². The lowest BCUT2D eigenvalue weighted by Gasteiger charge is -2.17. The molecule has 5 heteroatoms. The van der Waals surface area contributed by atoms with Gasteiger partial charge in [-0.2, -0.15) is 0 Å². The zero-order valence-electron chi connectivity index (χ0n) is 7.18. The molecule has 0 bridgehead atoms. The number of hydrogen-bond donors (Lipinski definition) is 1. The summed E-state index contributed by atoms with van der Waals surface area (Å²) in [7, 11) is 3.46. The molecule has 0 aromatic heterocycles. The number of aliphatic hydroxyl groups excluding tert-OH is 1. The van der Waals surface area contributed by atoms with E-state index in [0.717, 1.165) is 0 Å². The average Bonchev–Trinajstić information content (AvgIpc) is 2.33. The van der Waals surface area contributed by atoms with Gasteiger partial charge in [-0.3, -0.25) is 0 Å². The third-order valence-corrected chi connectivity index (χ3v) is 2.13. The van der Waals surface area contributed by atoms with E-state index >= 15 is 0 Å². The maximum absolute atomic E-state index is 12.6. The molecule has 1 fully saturated rings. The molecule has 0 heterocycles. The SMILES string of the molecule is CN(C)C[C@]1(CO)CC1(F)F.Cl. The fourth-order valence-electron chi connectivity index (χ4n) is 1.38. The van der Waals surface area contributed by atoms with Crippen molar-refractivity contribution in [2.45, 2.75) is 12.3 Å². The highest BCUT2D eigenvalue weighted by Crippen LogP contribution is 2.60. The summed E-state index contributed by atoms with van der Waals surface area (Å²) in [4.78, 5) is 1.68. The first-order chi connectivity index (χ1) is 4.93. The van der Waals surface area contributed by atoms with E-state index in [4.69, 9.17) is 5.11 Å². The molecular weight excluding hydrogens is 188 g/mol. The molecule has 1 rings (SSSR count). The van der Waals surface area contributed by atoms with Gasteiger partial charge in [0.05, 0.1) is 12.0 Å². The summed E-state index contributed by atoms with van der Waals surface area (Å²) in [6, 6.07) is 0. The van der Waals surface area contributed by atoms with E-state index in [0.29, 0.717) is 0 Å². The molecule has 74 valence electrons. The Morgan fingerprint density at radius 1 is 1.42 bits per heavy atom. The summed E-state index contributed by atoms with van der Waals surface area (Å²) in [6.07, 6.45) is -0.172. The molecule has 1 atom stereocenters. The number of rotatable bonds is 3. The smallest absolute Gasteiger partial charge is 0.258 e. The highest BCUT2D eigenvalue weighted by Gasteiger charge is 2.70. The fraction of sp³-hybridized carbons (Fsp3) is 1.00. The quantitative estimate of drug-likeness (QED) is 0.736. The predicted octanol–water partition coefficient (Wildman–Crippen LogP) is 0.987. The summed E-state index contributed by atoms with van der Waals surface area (Å²) >= 11 is 0. The second kappa shape index (κ2) is 3.44. The molecule has 1 N–H and O–H groups in total. The van der Waals surface area contributed by atoms with Gasteiger partial charge in [0, 0.05) is 13.0 Å². The normalized spacial score (nSPS) is 31.5. The number of nitrogens with zero attached hydrogens (tertiary/aromatic N) is 1. The van der Waals surface area contributed by atoms with Crippen LogP contribution in [0.2, 0.25) is 0 Å². The van der Waals surface area contributed by atoms with Crippen molar-refractivity contribution in [2.24, 2.45) is 5.41 Å². The largest absolute Gasteiger partial charge is 0.396 e. The van der Waals surface area contributed by atoms with E-state index in [2.05, 4.69) is 0 Å². The van der Waals surface area contributed by atoms with E-state index in [9.17, 15) is 8.78 Å². The van der Waals surface area contributed by atoms with Crippen LogP contribution in [0.15, 0.2) is 0 Å². The van der Waals surface area contributed by atoms with Crippen LogP contribution in [-0.4, -0.2) is 43.2 Å². The Morgan fingerprint density at radius 2 is 1.83 bits per heavy atom.